The second-order valence-electron chi connectivity index (χ2n) is 8.05. The minimum Gasteiger partial charge on any atom is -0.417 e. The number of carbonyl (C=O) groups is 1. The molecular formula is C18H34N2O5Si. The van der Waals surface area contributed by atoms with E-state index in [4.69, 9.17) is 9.16 Å². The maximum Gasteiger partial charge on any atom is 0.195 e. The molecule has 0 aliphatic carbocycles. The fraction of sp³-hybridized carbons (Fsp3) is 0.778. The zero-order valence-electron chi connectivity index (χ0n) is 17.1. The van der Waals surface area contributed by atoms with Crippen LogP contribution >= 0.6 is 0 Å². The average Bonchev–Trinajstić information content (AvgIpc) is 2.95. The summed E-state index contributed by atoms with van der Waals surface area (Å²) in [7, 11) is -1.89. The van der Waals surface area contributed by atoms with Crippen LogP contribution in [0.3, 0.4) is 0 Å². The van der Waals surface area contributed by atoms with Crippen molar-refractivity contribution in [1.82, 2.24) is 9.55 Å². The molecule has 26 heavy (non-hydrogen) atoms. The van der Waals surface area contributed by atoms with Gasteiger partial charge in [0.25, 0.3) is 0 Å². The maximum atomic E-state index is 11.7. The van der Waals surface area contributed by atoms with E-state index < -0.39 is 20.5 Å². The first kappa shape index (κ1) is 23.0. The maximum absolute atomic E-state index is 11.7. The Morgan fingerprint density at radius 1 is 1.35 bits per heavy atom. The van der Waals surface area contributed by atoms with Crippen molar-refractivity contribution >= 4 is 14.1 Å². The second kappa shape index (κ2) is 9.23. The first-order valence-corrected chi connectivity index (χ1v) is 12.0. The number of aliphatic hydroxyl groups is 2. The summed E-state index contributed by atoms with van der Waals surface area (Å²) < 4.78 is 12.9. The van der Waals surface area contributed by atoms with Crippen LogP contribution in [0, 0.1) is 0 Å². The van der Waals surface area contributed by atoms with Gasteiger partial charge in [-0.15, -0.1) is 0 Å². The van der Waals surface area contributed by atoms with Crippen molar-refractivity contribution in [3.05, 3.63) is 17.7 Å². The number of nitrogens with zero attached hydrogens (tertiary/aromatic N) is 2. The molecule has 0 aromatic carbocycles. The second-order valence-corrected chi connectivity index (χ2v) is 12.9. The molecule has 8 heteroatoms. The highest BCUT2D eigenvalue weighted by Gasteiger charge is 2.37. The molecule has 0 radical (unpaired) electrons. The fourth-order valence-electron chi connectivity index (χ4n) is 2.15. The number of aromatic nitrogens is 2. The monoisotopic (exact) mass is 386 g/mol. The zero-order valence-corrected chi connectivity index (χ0v) is 18.1. The Labute approximate surface area is 157 Å². The SMILES string of the molecule is CCOCn1cc([C@@H](O)[C@@H](O)CCO[Si](C)(C)C(C)(C)C)nc1C(C)=O. The number of rotatable bonds is 10. The van der Waals surface area contributed by atoms with E-state index in [1.54, 1.807) is 10.8 Å². The van der Waals surface area contributed by atoms with Gasteiger partial charge in [-0.3, -0.25) is 4.79 Å². The number of hydrogen-bond donors (Lipinski definition) is 2. The van der Waals surface area contributed by atoms with Crippen molar-refractivity contribution in [2.45, 2.75) is 78.1 Å². The Bertz CT molecular complexity index is 595. The smallest absolute Gasteiger partial charge is 0.195 e. The number of ketones is 1. The van der Waals surface area contributed by atoms with Crippen LogP contribution in [0.1, 0.15) is 63.5 Å². The third kappa shape index (κ3) is 5.99. The largest absolute Gasteiger partial charge is 0.417 e. The fourth-order valence-corrected chi connectivity index (χ4v) is 3.22. The lowest BCUT2D eigenvalue weighted by Gasteiger charge is -2.36. The summed E-state index contributed by atoms with van der Waals surface area (Å²) >= 11 is 0. The van der Waals surface area contributed by atoms with E-state index in [-0.39, 0.29) is 29.1 Å². The van der Waals surface area contributed by atoms with Gasteiger partial charge < -0.3 is 23.9 Å². The van der Waals surface area contributed by atoms with E-state index in [1.165, 1.54) is 6.92 Å². The summed E-state index contributed by atoms with van der Waals surface area (Å²) in [5, 5.41) is 20.8. The minimum atomic E-state index is -1.89. The lowest BCUT2D eigenvalue weighted by molar-refractivity contribution is 0.00284. The number of aliphatic hydroxyl groups excluding tert-OH is 2. The Balaban J connectivity index is 2.73. The van der Waals surface area contributed by atoms with Crippen LogP contribution in [0.25, 0.3) is 0 Å². The summed E-state index contributed by atoms with van der Waals surface area (Å²) in [5.74, 6) is -0.0175. The van der Waals surface area contributed by atoms with Crippen LogP contribution in [0.2, 0.25) is 18.1 Å². The van der Waals surface area contributed by atoms with Crippen LogP contribution in [-0.2, 0) is 15.9 Å². The summed E-state index contributed by atoms with van der Waals surface area (Å²) in [4.78, 5) is 15.9. The highest BCUT2D eigenvalue weighted by Crippen LogP contribution is 2.36. The Kier molecular flexibility index (Phi) is 8.16. The normalized spacial score (nSPS) is 15.1. The molecule has 0 unspecified atom stereocenters. The molecule has 0 aliphatic heterocycles. The molecule has 1 aromatic heterocycles. The molecule has 2 atom stereocenters. The van der Waals surface area contributed by atoms with E-state index >= 15 is 0 Å². The Morgan fingerprint density at radius 2 is 1.96 bits per heavy atom. The highest BCUT2D eigenvalue weighted by molar-refractivity contribution is 6.74. The van der Waals surface area contributed by atoms with Crippen LogP contribution in [0.15, 0.2) is 6.20 Å². The first-order chi connectivity index (χ1) is 11.9. The van der Waals surface area contributed by atoms with Gasteiger partial charge in [-0.05, 0) is 31.5 Å². The minimum absolute atomic E-state index is 0.0883. The summed E-state index contributed by atoms with van der Waals surface area (Å²) in [6, 6.07) is 0. The standard InChI is InChI=1S/C18H34N2O5Si/c1-8-24-12-20-11-14(19-17(20)13(2)21)16(23)15(22)9-10-25-26(6,7)18(3,4)5/h11,15-16,22-23H,8-10,12H2,1-7H3/t15-,16+/m0/s1. The molecule has 0 bridgehead atoms. The molecular weight excluding hydrogens is 352 g/mol. The van der Waals surface area contributed by atoms with Gasteiger partial charge >= 0.3 is 0 Å². The number of ether oxygens (including phenoxy) is 1. The number of imidazole rings is 1. The van der Waals surface area contributed by atoms with Crippen molar-refractivity contribution in [2.75, 3.05) is 13.2 Å². The van der Waals surface area contributed by atoms with Crippen molar-refractivity contribution in [3.8, 4) is 0 Å². The quantitative estimate of drug-likeness (QED) is 0.474. The molecule has 7 nitrogen and oxygen atoms in total. The number of hydrogen-bond acceptors (Lipinski definition) is 6. The van der Waals surface area contributed by atoms with Gasteiger partial charge in [0.15, 0.2) is 19.9 Å². The summed E-state index contributed by atoms with van der Waals surface area (Å²) in [6.45, 7) is 15.0. The van der Waals surface area contributed by atoms with E-state index in [2.05, 4.69) is 38.8 Å². The van der Waals surface area contributed by atoms with Gasteiger partial charge in [0.05, 0.1) is 11.8 Å². The molecule has 0 saturated carbocycles. The van der Waals surface area contributed by atoms with E-state index in [9.17, 15) is 15.0 Å². The van der Waals surface area contributed by atoms with Crippen molar-refractivity contribution < 1.29 is 24.2 Å². The van der Waals surface area contributed by atoms with Gasteiger partial charge in [0.2, 0.25) is 0 Å². The third-order valence-corrected chi connectivity index (χ3v) is 9.43. The summed E-state index contributed by atoms with van der Waals surface area (Å²) in [5.41, 5.74) is 0.259. The molecule has 2 N–H and O–H groups in total. The molecule has 0 spiro atoms. The van der Waals surface area contributed by atoms with Gasteiger partial charge in [0.1, 0.15) is 12.8 Å². The van der Waals surface area contributed by atoms with Crippen LogP contribution in [-0.4, -0.2) is 53.2 Å². The topological polar surface area (TPSA) is 93.8 Å². The van der Waals surface area contributed by atoms with Crippen LogP contribution < -0.4 is 0 Å². The van der Waals surface area contributed by atoms with Crippen molar-refractivity contribution in [1.29, 1.82) is 0 Å². The van der Waals surface area contributed by atoms with Gasteiger partial charge in [0, 0.05) is 26.3 Å². The van der Waals surface area contributed by atoms with Crippen LogP contribution in [0.5, 0.6) is 0 Å². The lowest BCUT2D eigenvalue weighted by atomic mass is 10.1. The molecule has 0 fully saturated rings. The number of carbonyl (C=O) groups excluding carboxylic acids is 1. The predicted octanol–water partition coefficient (Wildman–Crippen LogP) is 2.89. The summed E-state index contributed by atoms with van der Waals surface area (Å²) in [6.07, 6.45) is -0.356. The van der Waals surface area contributed by atoms with Gasteiger partial charge in [-0.25, -0.2) is 4.98 Å². The molecule has 0 aliphatic rings. The van der Waals surface area contributed by atoms with Gasteiger partial charge in [-0.1, -0.05) is 20.8 Å². The zero-order chi connectivity index (χ0) is 20.1. The molecule has 0 amide bonds. The number of Topliss-reactive ketones (excluding diaryl/α,β-unsaturated/α-hetero) is 1. The Hall–Kier alpha value is -1.06. The van der Waals surface area contributed by atoms with E-state index in [0.29, 0.717) is 19.6 Å². The van der Waals surface area contributed by atoms with E-state index in [1.807, 2.05) is 6.92 Å². The third-order valence-electron chi connectivity index (χ3n) is 4.89. The molecule has 0 saturated heterocycles. The molecule has 1 aromatic rings. The molecule has 1 heterocycles. The Morgan fingerprint density at radius 3 is 2.46 bits per heavy atom. The van der Waals surface area contributed by atoms with Crippen LogP contribution in [0.4, 0.5) is 0 Å². The van der Waals surface area contributed by atoms with Crippen molar-refractivity contribution in [3.63, 3.8) is 0 Å². The molecule has 1 rings (SSSR count). The lowest BCUT2D eigenvalue weighted by Crippen LogP contribution is -2.41. The average molecular weight is 387 g/mol. The first-order valence-electron chi connectivity index (χ1n) is 9.06. The predicted molar refractivity (Wildman–Crippen MR) is 103 cm³/mol. The van der Waals surface area contributed by atoms with E-state index in [0.717, 1.165) is 0 Å². The highest BCUT2D eigenvalue weighted by atomic mass is 28.4. The van der Waals surface area contributed by atoms with Crippen molar-refractivity contribution in [2.24, 2.45) is 0 Å². The molecule has 150 valence electrons. The van der Waals surface area contributed by atoms with Gasteiger partial charge in [-0.2, -0.15) is 0 Å².